The smallest absolute Gasteiger partial charge is 0.217 e. The molecule has 128 heavy (non-hydrogen) atoms. The molecule has 11 rings (SSSR count). The summed E-state index contributed by atoms with van der Waals surface area (Å²) in [5.74, 6) is -2.04. The van der Waals surface area contributed by atoms with E-state index in [4.69, 9.17) is 99.5 Å². The van der Waals surface area contributed by atoms with Gasteiger partial charge >= 0.3 is 0 Å². The van der Waals surface area contributed by atoms with Gasteiger partial charge in [0.05, 0.1) is 83.8 Å². The number of carbonyl (C=O) groups excluding carboxylic acids is 4. The SMILES string of the molecule is CC(=O)NC1[C@H](O[C@@H]2C(CO)O[C@@H](C(C)C)[C@@H](NC(C)=O)C2O)OC(CO)[C@@H](O[C@@H]2OC(COC3OC(CO[C@H]4OC(C=O)C[C@@H](O)[C@H]4O[C@H]4OC(C=O)C[C@H](O)C4O)[C@@H](O)[C@H](O[C@H]4O[C@@H](CO)[C@@H](O)C(O)C4O[C@H]4O[C@@H](CO)C(O)C(O)C4O)[C@H]3O)[C@@H](O)C(O[C@H]3OC(CO)[C@@H](O)C(O)C3O[C@H]3O[C@@H](CO)C(O)C(O)C3O[C@H]3OC(CO)[C@@H](O)C(O)C3O)[C@H]2O)[C@@H]1O. The van der Waals surface area contributed by atoms with Gasteiger partial charge in [-0.3, -0.25) is 9.59 Å². The van der Waals surface area contributed by atoms with E-state index in [-0.39, 0.29) is 12.6 Å². The number of aldehydes is 2. The Morgan fingerprint density at radius 3 is 0.992 bits per heavy atom. The summed E-state index contributed by atoms with van der Waals surface area (Å²) in [7, 11) is 0. The topological polar surface area (TPSA) is 853 Å². The number of aliphatic hydroxyl groups excluding tert-OH is 28. The minimum atomic E-state index is -2.65. The van der Waals surface area contributed by atoms with Crippen LogP contribution < -0.4 is 10.6 Å². The van der Waals surface area contributed by atoms with Gasteiger partial charge in [-0.1, -0.05) is 13.8 Å². The molecule has 0 radical (unpaired) electrons. The maximum absolute atomic E-state index is 13.2. The van der Waals surface area contributed by atoms with Gasteiger partial charge in [-0.25, -0.2) is 0 Å². The van der Waals surface area contributed by atoms with Gasteiger partial charge in [0.1, 0.15) is 251 Å². The number of hydrogen-bond acceptors (Lipinski definition) is 53. The van der Waals surface area contributed by atoms with Crippen LogP contribution in [0.25, 0.3) is 0 Å². The molecule has 0 bridgehead atoms. The summed E-state index contributed by atoms with van der Waals surface area (Å²) in [6, 6.07) is -3.19. The average Bonchev–Trinajstić information content (AvgIpc) is 0.759. The first-order valence-electron chi connectivity index (χ1n) is 41.4. The van der Waals surface area contributed by atoms with Crippen LogP contribution in [-0.4, -0.2) is 552 Å². The van der Waals surface area contributed by atoms with Crippen LogP contribution in [0.5, 0.6) is 0 Å². The van der Waals surface area contributed by atoms with Crippen molar-refractivity contribution >= 4 is 24.4 Å². The van der Waals surface area contributed by atoms with Crippen LogP contribution in [-0.2, 0) is 119 Å². The monoisotopic (exact) mass is 1870 g/mol. The number of aliphatic hydroxyl groups is 28. The standard InChI is InChI=1S/C73H120N2O53/c1-18(2)55-34(74-19(3)85)44(97)57(30(14-83)112-55)122-64-35(75-20(4)86)45(98)58(31(15-84)118-64)123-69-54(107)60(125-72-63(50(103)41(94)28(12-81)116-72)128-73-62(49(102)40(93)29(13-82)117-73)127-68-52(105)47(100)38(91)26(10-79)114-68)43(96)33(120-69)16-108-65-53(106)59(124-71-61(48(101)39(92)27(11-80)115-71)126-67-51(104)46(99)37(90)25(9-78)113-67)42(95)32(119-65)17-109-70-56(24(88)6-22(8-77)111-70)121-66-36(89)23(87)5-21(7-76)110-66/h7-8,18,21-73,78-84,87-107H,5-6,9-17H2,1-4H3,(H,74,85)(H,75,86)/t21?,22?,23-,24+,25-,26?,27-,28?,29-,30?,31?,32?,33?,34-,35?,36?,37?,38+,39+,40?,41+,42+,43+,44?,45+,46?,47?,48?,49?,50?,51?,52?,53+,54+,55-,56+,57+,58+,59-,60?,61?,62?,63?,64-,65?,66+,67+,68+,69-,70-,71+,72+,73+/m0/s1. The molecule has 2 amide bonds. The summed E-state index contributed by atoms with van der Waals surface area (Å²) in [6.07, 6.45) is -108. The third kappa shape index (κ3) is 22.9. The largest absolute Gasteiger partial charge is 0.394 e. The Morgan fingerprint density at radius 1 is 0.281 bits per heavy atom. The Balaban J connectivity index is 0.959. The van der Waals surface area contributed by atoms with E-state index in [0.29, 0.717) is 0 Å². The molecule has 25 unspecified atom stereocenters. The van der Waals surface area contributed by atoms with Crippen molar-refractivity contribution in [3.63, 3.8) is 0 Å². The minimum absolute atomic E-state index is 0.219. The van der Waals surface area contributed by atoms with Crippen molar-refractivity contribution in [3.05, 3.63) is 0 Å². The molecule has 0 aliphatic carbocycles. The summed E-state index contributed by atoms with van der Waals surface area (Å²) in [6.45, 7) is -4.78. The molecule has 740 valence electrons. The van der Waals surface area contributed by atoms with Crippen molar-refractivity contribution in [1.29, 1.82) is 0 Å². The van der Waals surface area contributed by atoms with Gasteiger partial charge in [-0.05, 0) is 5.92 Å². The number of amides is 2. The molecule has 11 heterocycles. The molecule has 11 aliphatic rings. The molecule has 55 nitrogen and oxygen atoms in total. The lowest BCUT2D eigenvalue weighted by Crippen LogP contribution is -2.71. The van der Waals surface area contributed by atoms with Gasteiger partial charge in [0.15, 0.2) is 62.9 Å². The predicted octanol–water partition coefficient (Wildman–Crippen LogP) is -20.5. The van der Waals surface area contributed by atoms with E-state index in [9.17, 15) is 162 Å². The van der Waals surface area contributed by atoms with E-state index in [1.165, 1.54) is 0 Å². The Bertz CT molecular complexity index is 3430. The summed E-state index contributed by atoms with van der Waals surface area (Å²) in [5, 5.41) is 321. The number of carbonyl (C=O) groups is 4. The van der Waals surface area contributed by atoms with E-state index in [2.05, 4.69) is 10.6 Å². The van der Waals surface area contributed by atoms with E-state index < -0.39 is 415 Å². The lowest BCUT2D eigenvalue weighted by Gasteiger charge is -2.51. The van der Waals surface area contributed by atoms with Crippen molar-refractivity contribution in [3.8, 4) is 0 Å². The molecule has 0 aromatic carbocycles. The van der Waals surface area contributed by atoms with Crippen LogP contribution in [0.3, 0.4) is 0 Å². The lowest BCUT2D eigenvalue weighted by molar-refractivity contribution is -0.408. The van der Waals surface area contributed by atoms with Crippen molar-refractivity contribution in [2.24, 2.45) is 5.92 Å². The third-order valence-corrected chi connectivity index (χ3v) is 24.0. The maximum Gasteiger partial charge on any atom is 0.217 e. The number of ether oxygens (including phenoxy) is 21. The first-order valence-corrected chi connectivity index (χ1v) is 41.4. The van der Waals surface area contributed by atoms with Crippen LogP contribution in [0.1, 0.15) is 40.5 Å². The molecule has 11 aliphatic heterocycles. The van der Waals surface area contributed by atoms with Gasteiger partial charge in [0, 0.05) is 26.7 Å². The minimum Gasteiger partial charge on any atom is -0.394 e. The normalized spacial score (nSPS) is 50.5. The van der Waals surface area contributed by atoms with E-state index in [1.807, 2.05) is 0 Å². The van der Waals surface area contributed by atoms with Crippen molar-refractivity contribution < 1.29 is 262 Å². The predicted molar refractivity (Wildman–Crippen MR) is 393 cm³/mol. The Kier molecular flexibility index (Phi) is 37.6. The zero-order valence-electron chi connectivity index (χ0n) is 68.8. The van der Waals surface area contributed by atoms with E-state index >= 15 is 0 Å². The van der Waals surface area contributed by atoms with E-state index in [0.717, 1.165) is 13.8 Å². The molecular weight excluding hydrogens is 1750 g/mol. The van der Waals surface area contributed by atoms with Crippen molar-refractivity contribution in [1.82, 2.24) is 10.6 Å². The lowest BCUT2D eigenvalue weighted by atomic mass is 9.87. The first-order chi connectivity index (χ1) is 60.7. The highest BCUT2D eigenvalue weighted by Gasteiger charge is 2.62. The second-order valence-electron chi connectivity index (χ2n) is 33.2. The Hall–Kier alpha value is -3.68. The molecule has 53 atom stereocenters. The quantitative estimate of drug-likeness (QED) is 0.0266. The van der Waals surface area contributed by atoms with Gasteiger partial charge in [-0.2, -0.15) is 0 Å². The molecule has 0 saturated carbocycles. The Labute approximate surface area is 725 Å². The molecule has 0 aromatic rings. The highest BCUT2D eigenvalue weighted by atomic mass is 16.8. The first kappa shape index (κ1) is 105. The fourth-order valence-corrected chi connectivity index (χ4v) is 16.9. The van der Waals surface area contributed by atoms with Crippen LogP contribution >= 0.6 is 0 Å². The fraction of sp³-hybridized carbons (Fsp3) is 0.945. The second-order valence-corrected chi connectivity index (χ2v) is 33.2. The zero-order chi connectivity index (χ0) is 93.8. The highest BCUT2D eigenvalue weighted by Crippen LogP contribution is 2.42. The number of rotatable bonds is 34. The van der Waals surface area contributed by atoms with Gasteiger partial charge in [0.25, 0.3) is 0 Å². The fourth-order valence-electron chi connectivity index (χ4n) is 16.9. The second kappa shape index (κ2) is 46.0. The molecule has 0 spiro atoms. The molecular formula is C73H120N2O53. The molecule has 11 saturated heterocycles. The van der Waals surface area contributed by atoms with Gasteiger partial charge in [0.2, 0.25) is 11.8 Å². The summed E-state index contributed by atoms with van der Waals surface area (Å²) in [4.78, 5) is 50.1. The van der Waals surface area contributed by atoms with Crippen molar-refractivity contribution in [2.45, 2.75) is 366 Å². The van der Waals surface area contributed by atoms with Gasteiger partial charge < -0.3 is 263 Å². The van der Waals surface area contributed by atoms with Gasteiger partial charge in [-0.15, -0.1) is 0 Å². The van der Waals surface area contributed by atoms with Crippen LogP contribution in [0.15, 0.2) is 0 Å². The number of nitrogens with one attached hydrogen (secondary N) is 2. The third-order valence-electron chi connectivity index (χ3n) is 24.0. The molecule has 30 N–H and O–H groups in total. The number of hydrogen-bond donors (Lipinski definition) is 30. The molecule has 55 heteroatoms. The molecule has 11 fully saturated rings. The summed E-state index contributed by atoms with van der Waals surface area (Å²) >= 11 is 0. The average molecular weight is 1870 g/mol. The summed E-state index contributed by atoms with van der Waals surface area (Å²) < 4.78 is 125. The summed E-state index contributed by atoms with van der Waals surface area (Å²) in [5.41, 5.74) is 0. The Morgan fingerprint density at radius 2 is 0.578 bits per heavy atom. The van der Waals surface area contributed by atoms with Crippen LogP contribution in [0, 0.1) is 5.92 Å². The molecule has 0 aromatic heterocycles. The van der Waals surface area contributed by atoms with Crippen LogP contribution in [0.2, 0.25) is 0 Å². The highest BCUT2D eigenvalue weighted by molar-refractivity contribution is 5.73. The van der Waals surface area contributed by atoms with E-state index in [1.54, 1.807) is 13.8 Å². The van der Waals surface area contributed by atoms with Crippen LogP contribution in [0.4, 0.5) is 0 Å². The zero-order valence-corrected chi connectivity index (χ0v) is 68.8. The maximum atomic E-state index is 13.2. The van der Waals surface area contributed by atoms with Crippen molar-refractivity contribution in [2.75, 3.05) is 59.5 Å².